The highest BCUT2D eigenvalue weighted by Gasteiger charge is 2.32. The van der Waals surface area contributed by atoms with Crippen molar-refractivity contribution in [2.24, 2.45) is 5.73 Å². The lowest BCUT2D eigenvalue weighted by Crippen LogP contribution is -2.30. The van der Waals surface area contributed by atoms with Crippen LogP contribution in [0.15, 0.2) is 66.7 Å². The minimum Gasteiger partial charge on any atom is -0.507 e. The first-order valence-corrected chi connectivity index (χ1v) is 10.3. The third-order valence-electron chi connectivity index (χ3n) is 5.75. The molecule has 8 nitrogen and oxygen atoms in total. The van der Waals surface area contributed by atoms with Crippen molar-refractivity contribution in [1.82, 2.24) is 4.90 Å². The SMILES string of the molecule is C=C(CN1Cc2c(-c3ccc(O)c(C(=O)c4ccc(C#N)cc4)c3)ccc(N)c2C1=O)C(N)=O. The van der Waals surface area contributed by atoms with E-state index in [1.165, 1.54) is 35.2 Å². The van der Waals surface area contributed by atoms with E-state index in [4.69, 9.17) is 16.7 Å². The topological polar surface area (TPSA) is 151 Å². The summed E-state index contributed by atoms with van der Waals surface area (Å²) in [6.45, 7) is 3.77. The molecule has 1 heterocycles. The van der Waals surface area contributed by atoms with E-state index in [1.54, 1.807) is 24.3 Å². The summed E-state index contributed by atoms with van der Waals surface area (Å²) in [5.41, 5.74) is 14.8. The van der Waals surface area contributed by atoms with Gasteiger partial charge in [-0.15, -0.1) is 0 Å². The number of ketones is 1. The predicted octanol–water partition coefficient (Wildman–Crippen LogP) is 2.74. The zero-order chi connectivity index (χ0) is 24.6. The van der Waals surface area contributed by atoms with E-state index in [0.717, 1.165) is 0 Å². The van der Waals surface area contributed by atoms with Crippen molar-refractivity contribution >= 4 is 23.3 Å². The summed E-state index contributed by atoms with van der Waals surface area (Å²) in [6.07, 6.45) is 0. The van der Waals surface area contributed by atoms with Crippen molar-refractivity contribution in [3.63, 3.8) is 0 Å². The molecule has 0 atom stereocenters. The van der Waals surface area contributed by atoms with Crippen LogP contribution in [-0.2, 0) is 11.3 Å². The number of primary amides is 1. The van der Waals surface area contributed by atoms with Gasteiger partial charge in [0.2, 0.25) is 5.91 Å². The van der Waals surface area contributed by atoms with Crippen LogP contribution in [0.2, 0.25) is 0 Å². The number of benzene rings is 3. The van der Waals surface area contributed by atoms with Crippen molar-refractivity contribution in [3.05, 3.63) is 94.6 Å². The quantitative estimate of drug-likeness (QED) is 0.297. The summed E-state index contributed by atoms with van der Waals surface area (Å²) in [4.78, 5) is 38.8. The Bertz CT molecular complexity index is 1420. The summed E-state index contributed by atoms with van der Waals surface area (Å²) < 4.78 is 0. The van der Waals surface area contributed by atoms with E-state index >= 15 is 0 Å². The largest absolute Gasteiger partial charge is 0.507 e. The molecular formula is C26H20N4O4. The number of aromatic hydroxyl groups is 1. The number of fused-ring (bicyclic) bond motifs is 1. The first kappa shape index (κ1) is 22.3. The molecule has 0 fully saturated rings. The zero-order valence-electron chi connectivity index (χ0n) is 18.0. The first-order valence-electron chi connectivity index (χ1n) is 10.3. The number of rotatable bonds is 6. The fourth-order valence-electron chi connectivity index (χ4n) is 3.95. The number of hydrogen-bond donors (Lipinski definition) is 3. The molecule has 0 aromatic heterocycles. The van der Waals surface area contributed by atoms with Crippen LogP contribution in [-0.4, -0.2) is 34.1 Å². The van der Waals surface area contributed by atoms with Crippen molar-refractivity contribution in [2.45, 2.75) is 6.54 Å². The molecule has 0 saturated heterocycles. The Hall–Kier alpha value is -4.90. The summed E-state index contributed by atoms with van der Waals surface area (Å²) in [5, 5.41) is 19.3. The van der Waals surface area contributed by atoms with E-state index in [0.29, 0.717) is 39.1 Å². The second kappa shape index (κ2) is 8.56. The molecule has 5 N–H and O–H groups in total. The van der Waals surface area contributed by atoms with Gasteiger partial charge in [-0.3, -0.25) is 14.4 Å². The molecule has 0 saturated carbocycles. The van der Waals surface area contributed by atoms with Gasteiger partial charge < -0.3 is 21.5 Å². The number of amides is 2. The second-order valence-corrected chi connectivity index (χ2v) is 7.94. The molecule has 34 heavy (non-hydrogen) atoms. The Balaban J connectivity index is 1.74. The molecule has 1 aliphatic rings. The number of nitrogen functional groups attached to an aromatic ring is 1. The number of hydrogen-bond acceptors (Lipinski definition) is 6. The van der Waals surface area contributed by atoms with Gasteiger partial charge >= 0.3 is 0 Å². The Morgan fingerprint density at radius 1 is 1.12 bits per heavy atom. The van der Waals surface area contributed by atoms with E-state index in [-0.39, 0.29) is 35.9 Å². The van der Waals surface area contributed by atoms with Gasteiger partial charge in [0.15, 0.2) is 5.78 Å². The Kier molecular flexibility index (Phi) is 5.61. The summed E-state index contributed by atoms with van der Waals surface area (Å²) in [6, 6.07) is 16.1. The van der Waals surface area contributed by atoms with Crippen molar-refractivity contribution in [1.29, 1.82) is 5.26 Å². The lowest BCUT2D eigenvalue weighted by atomic mass is 9.92. The molecule has 168 valence electrons. The number of nitriles is 1. The van der Waals surface area contributed by atoms with Crippen LogP contribution in [0.4, 0.5) is 5.69 Å². The lowest BCUT2D eigenvalue weighted by Gasteiger charge is -2.16. The molecule has 0 aliphatic carbocycles. The van der Waals surface area contributed by atoms with Crippen molar-refractivity contribution < 1.29 is 19.5 Å². The monoisotopic (exact) mass is 452 g/mol. The predicted molar refractivity (Wildman–Crippen MR) is 126 cm³/mol. The Morgan fingerprint density at radius 3 is 2.47 bits per heavy atom. The Morgan fingerprint density at radius 2 is 1.82 bits per heavy atom. The molecule has 1 aliphatic heterocycles. The van der Waals surface area contributed by atoms with E-state index in [1.807, 2.05) is 6.07 Å². The number of nitrogens with two attached hydrogens (primary N) is 2. The van der Waals surface area contributed by atoms with E-state index < -0.39 is 11.7 Å². The standard InChI is InChI=1S/C26H20N4O4/c1-14(25(29)33)12-30-13-20-18(7-8-21(28)23(20)26(30)34)17-6-9-22(31)19(10-17)24(32)16-4-2-15(11-27)3-5-16/h2-10,31H,1,12-13,28H2,(H2,29,33). The highest BCUT2D eigenvalue weighted by molar-refractivity contribution is 6.11. The molecule has 3 aromatic rings. The summed E-state index contributed by atoms with van der Waals surface area (Å²) >= 11 is 0. The lowest BCUT2D eigenvalue weighted by molar-refractivity contribution is -0.114. The molecular weight excluding hydrogens is 432 g/mol. The van der Waals surface area contributed by atoms with E-state index in [2.05, 4.69) is 6.58 Å². The van der Waals surface area contributed by atoms with Crippen LogP contribution in [0.3, 0.4) is 0 Å². The minimum atomic E-state index is -0.693. The minimum absolute atomic E-state index is 0.0280. The zero-order valence-corrected chi connectivity index (χ0v) is 18.0. The third-order valence-corrected chi connectivity index (χ3v) is 5.75. The molecule has 0 radical (unpaired) electrons. The molecule has 3 aromatic carbocycles. The first-order chi connectivity index (χ1) is 16.2. The van der Waals surface area contributed by atoms with Gasteiger partial charge in [-0.2, -0.15) is 5.26 Å². The average molecular weight is 452 g/mol. The maximum Gasteiger partial charge on any atom is 0.256 e. The highest BCUT2D eigenvalue weighted by atomic mass is 16.3. The fourth-order valence-corrected chi connectivity index (χ4v) is 3.95. The number of phenols is 1. The fraction of sp³-hybridized carbons (Fsp3) is 0.0769. The number of anilines is 1. The van der Waals surface area contributed by atoms with Gasteiger partial charge in [0, 0.05) is 23.4 Å². The molecule has 0 bridgehead atoms. The highest BCUT2D eigenvalue weighted by Crippen LogP contribution is 2.37. The third kappa shape index (κ3) is 3.87. The van der Waals surface area contributed by atoms with Crippen LogP contribution in [0.5, 0.6) is 5.75 Å². The molecule has 4 rings (SSSR count). The normalized spacial score (nSPS) is 12.2. The van der Waals surface area contributed by atoms with Crippen LogP contribution >= 0.6 is 0 Å². The van der Waals surface area contributed by atoms with Gasteiger partial charge in [0.05, 0.1) is 29.3 Å². The molecule has 0 spiro atoms. The maximum absolute atomic E-state index is 13.0. The van der Waals surface area contributed by atoms with Crippen LogP contribution < -0.4 is 11.5 Å². The van der Waals surface area contributed by atoms with Gasteiger partial charge in [-0.25, -0.2) is 0 Å². The molecule has 0 unspecified atom stereocenters. The second-order valence-electron chi connectivity index (χ2n) is 7.94. The van der Waals surface area contributed by atoms with Crippen LogP contribution in [0, 0.1) is 11.3 Å². The Labute approximate surface area is 195 Å². The maximum atomic E-state index is 13.0. The van der Waals surface area contributed by atoms with Gasteiger partial charge in [0.25, 0.3) is 5.91 Å². The number of carbonyl (C=O) groups excluding carboxylic acids is 3. The number of nitrogens with zero attached hydrogens (tertiary/aromatic N) is 2. The van der Waals surface area contributed by atoms with Gasteiger partial charge in [0.1, 0.15) is 5.75 Å². The van der Waals surface area contributed by atoms with Gasteiger partial charge in [-0.1, -0.05) is 18.7 Å². The average Bonchev–Trinajstić information content (AvgIpc) is 3.16. The van der Waals surface area contributed by atoms with Gasteiger partial charge in [-0.05, 0) is 59.2 Å². The van der Waals surface area contributed by atoms with Crippen LogP contribution in [0.25, 0.3) is 11.1 Å². The molecule has 8 heteroatoms. The van der Waals surface area contributed by atoms with Crippen molar-refractivity contribution in [2.75, 3.05) is 12.3 Å². The molecule has 2 amide bonds. The van der Waals surface area contributed by atoms with E-state index in [9.17, 15) is 19.5 Å². The van der Waals surface area contributed by atoms with Crippen LogP contribution in [0.1, 0.15) is 37.4 Å². The summed E-state index contributed by atoms with van der Waals surface area (Å²) in [5.74, 6) is -1.64. The van der Waals surface area contributed by atoms with Crippen molar-refractivity contribution in [3.8, 4) is 22.9 Å². The summed E-state index contributed by atoms with van der Waals surface area (Å²) in [7, 11) is 0. The number of carbonyl (C=O) groups is 3. The number of phenolic OH excluding ortho intramolecular Hbond substituents is 1. The smallest absolute Gasteiger partial charge is 0.256 e.